The molecule has 7 nitrogen and oxygen atoms in total. The van der Waals surface area contributed by atoms with E-state index in [-0.39, 0.29) is 24.5 Å². The molecule has 0 radical (unpaired) electrons. The van der Waals surface area contributed by atoms with Gasteiger partial charge < -0.3 is 4.90 Å². The molecule has 118 valence electrons. The molecule has 2 aromatic heterocycles. The zero-order valence-corrected chi connectivity index (χ0v) is 13.9. The second-order valence-corrected chi connectivity index (χ2v) is 6.32. The molecule has 0 fully saturated rings. The summed E-state index contributed by atoms with van der Waals surface area (Å²) in [6.07, 6.45) is 0.510. The average Bonchev–Trinajstić information content (AvgIpc) is 3.23. The monoisotopic (exact) mass is 346 g/mol. The quantitative estimate of drug-likeness (QED) is 0.734. The van der Waals surface area contributed by atoms with Crippen molar-refractivity contribution in [1.82, 2.24) is 20.1 Å². The summed E-state index contributed by atoms with van der Waals surface area (Å²) in [5.41, 5.74) is 0. The van der Waals surface area contributed by atoms with E-state index in [4.69, 9.17) is 10.5 Å². The summed E-state index contributed by atoms with van der Waals surface area (Å²) < 4.78 is 0. The van der Waals surface area contributed by atoms with Gasteiger partial charge in [0.25, 0.3) is 0 Å². The normalized spacial score (nSPS) is 10.0. The van der Waals surface area contributed by atoms with Gasteiger partial charge >= 0.3 is 0 Å². The van der Waals surface area contributed by atoms with Crippen molar-refractivity contribution in [2.45, 2.75) is 18.0 Å². The van der Waals surface area contributed by atoms with Crippen LogP contribution in [-0.2, 0) is 4.79 Å². The van der Waals surface area contributed by atoms with Crippen molar-refractivity contribution in [3.05, 3.63) is 17.5 Å². The number of thiophene rings is 1. The van der Waals surface area contributed by atoms with Crippen LogP contribution in [0, 0.1) is 22.7 Å². The van der Waals surface area contributed by atoms with Crippen molar-refractivity contribution in [2.75, 3.05) is 18.8 Å². The van der Waals surface area contributed by atoms with Crippen molar-refractivity contribution >= 4 is 29.0 Å². The van der Waals surface area contributed by atoms with Crippen molar-refractivity contribution in [2.24, 2.45) is 0 Å². The van der Waals surface area contributed by atoms with Gasteiger partial charge in [0.05, 0.1) is 35.6 Å². The number of rotatable bonds is 8. The molecule has 1 amide bonds. The van der Waals surface area contributed by atoms with E-state index in [0.29, 0.717) is 24.1 Å². The molecule has 0 aliphatic rings. The Morgan fingerprint density at radius 1 is 1.35 bits per heavy atom. The number of H-pyrrole nitrogens is 1. The predicted molar refractivity (Wildman–Crippen MR) is 87.5 cm³/mol. The molecule has 2 rings (SSSR count). The molecule has 2 heterocycles. The highest BCUT2D eigenvalue weighted by atomic mass is 32.2. The number of nitrogens with one attached hydrogen (secondary N) is 1. The number of hydrogen-bond donors (Lipinski definition) is 1. The van der Waals surface area contributed by atoms with Gasteiger partial charge in [0.2, 0.25) is 11.1 Å². The lowest BCUT2D eigenvalue weighted by Crippen LogP contribution is -2.34. The summed E-state index contributed by atoms with van der Waals surface area (Å²) in [6.45, 7) is 0.679. The summed E-state index contributed by atoms with van der Waals surface area (Å²) in [7, 11) is 0. The second kappa shape index (κ2) is 8.93. The van der Waals surface area contributed by atoms with Gasteiger partial charge in [0, 0.05) is 13.1 Å². The number of thioether (sulfide) groups is 1. The van der Waals surface area contributed by atoms with Crippen LogP contribution in [0.3, 0.4) is 0 Å². The Balaban J connectivity index is 1.89. The fraction of sp³-hybridized carbons (Fsp3) is 0.357. The zero-order chi connectivity index (χ0) is 16.5. The van der Waals surface area contributed by atoms with Gasteiger partial charge in [-0.05, 0) is 11.4 Å². The van der Waals surface area contributed by atoms with Crippen molar-refractivity contribution < 1.29 is 4.79 Å². The summed E-state index contributed by atoms with van der Waals surface area (Å²) >= 11 is 2.79. The van der Waals surface area contributed by atoms with Crippen molar-refractivity contribution in [3.8, 4) is 22.8 Å². The largest absolute Gasteiger partial charge is 0.340 e. The number of amides is 1. The molecule has 1 N–H and O–H groups in total. The van der Waals surface area contributed by atoms with Gasteiger partial charge in [-0.1, -0.05) is 17.8 Å². The average molecular weight is 346 g/mol. The lowest BCUT2D eigenvalue weighted by Gasteiger charge is -2.19. The first-order valence-electron chi connectivity index (χ1n) is 6.85. The minimum atomic E-state index is -0.122. The first kappa shape index (κ1) is 17.0. The molecule has 23 heavy (non-hydrogen) atoms. The van der Waals surface area contributed by atoms with Crippen molar-refractivity contribution in [1.29, 1.82) is 10.5 Å². The molecule has 0 atom stereocenters. The maximum atomic E-state index is 12.2. The van der Waals surface area contributed by atoms with Crippen LogP contribution < -0.4 is 0 Å². The number of aromatic nitrogens is 3. The maximum Gasteiger partial charge on any atom is 0.233 e. The predicted octanol–water partition coefficient (Wildman–Crippen LogP) is 2.28. The van der Waals surface area contributed by atoms with E-state index in [2.05, 4.69) is 15.2 Å². The Morgan fingerprint density at radius 2 is 2.09 bits per heavy atom. The van der Waals surface area contributed by atoms with E-state index < -0.39 is 0 Å². The Morgan fingerprint density at radius 3 is 2.70 bits per heavy atom. The number of nitriles is 2. The molecule has 0 saturated carbocycles. The third-order valence-electron chi connectivity index (χ3n) is 2.88. The number of carbonyl (C=O) groups is 1. The fourth-order valence-electron chi connectivity index (χ4n) is 1.78. The number of carbonyl (C=O) groups excluding carboxylic acids is 1. The summed E-state index contributed by atoms with van der Waals surface area (Å²) in [5.74, 6) is 0.738. The molecular formula is C14H14N6OS2. The lowest BCUT2D eigenvalue weighted by atomic mass is 10.3. The first-order chi connectivity index (χ1) is 11.2. The van der Waals surface area contributed by atoms with Gasteiger partial charge in [-0.25, -0.2) is 4.98 Å². The smallest absolute Gasteiger partial charge is 0.233 e. The zero-order valence-electron chi connectivity index (χ0n) is 12.2. The molecule has 0 spiro atoms. The molecule has 0 aliphatic heterocycles. The first-order valence-corrected chi connectivity index (χ1v) is 8.72. The SMILES string of the molecule is N#CCCN(CCC#N)C(=O)CSc1n[nH]c(-c2cccs2)n1. The molecular weight excluding hydrogens is 332 g/mol. The minimum absolute atomic E-state index is 0.122. The van der Waals surface area contributed by atoms with Crippen LogP contribution in [0.4, 0.5) is 0 Å². The van der Waals surface area contributed by atoms with Gasteiger partial charge in [-0.2, -0.15) is 10.5 Å². The minimum Gasteiger partial charge on any atom is -0.340 e. The Labute approximate surface area is 141 Å². The number of nitrogens with zero attached hydrogens (tertiary/aromatic N) is 5. The third kappa shape index (κ3) is 5.09. The second-order valence-electron chi connectivity index (χ2n) is 4.43. The standard InChI is InChI=1S/C14H14N6OS2/c15-5-2-7-20(8-3-6-16)12(21)10-23-14-17-13(18-19-14)11-4-1-9-22-11/h1,4,9H,2-3,7-8,10H2,(H,17,18,19). The molecule has 0 saturated heterocycles. The summed E-state index contributed by atoms with van der Waals surface area (Å²) in [4.78, 5) is 19.0. The van der Waals surface area contributed by atoms with E-state index in [1.165, 1.54) is 16.7 Å². The molecule has 2 aromatic rings. The van der Waals surface area contributed by atoms with E-state index in [1.54, 1.807) is 11.3 Å². The molecule has 0 unspecified atom stereocenters. The van der Waals surface area contributed by atoms with Gasteiger partial charge in [-0.3, -0.25) is 9.89 Å². The van der Waals surface area contributed by atoms with E-state index in [0.717, 1.165) is 4.88 Å². The van der Waals surface area contributed by atoms with E-state index in [1.807, 2.05) is 29.7 Å². The topological polar surface area (TPSA) is 109 Å². The fourth-order valence-corrected chi connectivity index (χ4v) is 3.15. The van der Waals surface area contributed by atoms with Gasteiger partial charge in [-0.15, -0.1) is 16.4 Å². The molecule has 9 heteroatoms. The Hall–Kier alpha value is -2.36. The van der Waals surface area contributed by atoms with Crippen LogP contribution >= 0.6 is 23.1 Å². The highest BCUT2D eigenvalue weighted by Gasteiger charge is 2.15. The highest BCUT2D eigenvalue weighted by molar-refractivity contribution is 7.99. The van der Waals surface area contributed by atoms with E-state index >= 15 is 0 Å². The molecule has 0 aliphatic carbocycles. The summed E-state index contributed by atoms with van der Waals surface area (Å²) in [5, 5.41) is 26.7. The maximum absolute atomic E-state index is 12.2. The Kier molecular flexibility index (Phi) is 6.60. The van der Waals surface area contributed by atoms with Gasteiger partial charge in [0.15, 0.2) is 5.82 Å². The van der Waals surface area contributed by atoms with Crippen LogP contribution in [0.15, 0.2) is 22.7 Å². The van der Waals surface area contributed by atoms with Crippen LogP contribution in [0.1, 0.15) is 12.8 Å². The van der Waals surface area contributed by atoms with Gasteiger partial charge in [0.1, 0.15) is 0 Å². The lowest BCUT2D eigenvalue weighted by molar-refractivity contribution is -0.128. The highest BCUT2D eigenvalue weighted by Crippen LogP contribution is 2.23. The van der Waals surface area contributed by atoms with E-state index in [9.17, 15) is 4.79 Å². The third-order valence-corrected chi connectivity index (χ3v) is 4.59. The number of aromatic amines is 1. The van der Waals surface area contributed by atoms with Crippen LogP contribution in [0.25, 0.3) is 10.7 Å². The van der Waals surface area contributed by atoms with Crippen molar-refractivity contribution in [3.63, 3.8) is 0 Å². The van der Waals surface area contributed by atoms with Crippen LogP contribution in [0.2, 0.25) is 0 Å². The number of hydrogen-bond acceptors (Lipinski definition) is 7. The molecule has 0 bridgehead atoms. The summed E-state index contributed by atoms with van der Waals surface area (Å²) in [6, 6.07) is 7.89. The molecule has 0 aromatic carbocycles. The van der Waals surface area contributed by atoms with Crippen LogP contribution in [0.5, 0.6) is 0 Å². The Bertz CT molecular complexity index is 694. The van der Waals surface area contributed by atoms with Crippen LogP contribution in [-0.4, -0.2) is 44.8 Å².